The van der Waals surface area contributed by atoms with E-state index in [1.165, 1.54) is 26.0 Å². The highest BCUT2D eigenvalue weighted by Crippen LogP contribution is 2.20. The van der Waals surface area contributed by atoms with E-state index in [1.54, 1.807) is 24.3 Å². The van der Waals surface area contributed by atoms with Crippen LogP contribution in [0.4, 0.5) is 15.8 Å². The summed E-state index contributed by atoms with van der Waals surface area (Å²) in [6.07, 6.45) is 0. The van der Waals surface area contributed by atoms with Gasteiger partial charge in [0.05, 0.1) is 5.69 Å². The minimum absolute atomic E-state index is 0.00375. The van der Waals surface area contributed by atoms with Crippen molar-refractivity contribution in [2.75, 3.05) is 10.6 Å². The summed E-state index contributed by atoms with van der Waals surface area (Å²) in [5, 5.41) is 7.67. The Morgan fingerprint density at radius 1 is 0.920 bits per heavy atom. The monoisotopic (exact) mass is 343 g/mol. The minimum Gasteiger partial charge on any atom is -0.352 e. The van der Waals surface area contributed by atoms with E-state index in [1.807, 2.05) is 0 Å². The van der Waals surface area contributed by atoms with Crippen molar-refractivity contribution in [2.45, 2.75) is 20.4 Å². The van der Waals surface area contributed by atoms with E-state index in [0.29, 0.717) is 17.8 Å². The minimum atomic E-state index is -0.587. The Balaban J connectivity index is 2.06. The summed E-state index contributed by atoms with van der Waals surface area (Å²) >= 11 is 0. The van der Waals surface area contributed by atoms with E-state index in [2.05, 4.69) is 16.0 Å². The third kappa shape index (κ3) is 5.42. The second-order valence-corrected chi connectivity index (χ2v) is 5.44. The summed E-state index contributed by atoms with van der Waals surface area (Å²) in [7, 11) is 0. The van der Waals surface area contributed by atoms with Crippen LogP contribution < -0.4 is 16.0 Å². The molecular weight excluding hydrogens is 325 g/mol. The molecule has 0 aliphatic carbocycles. The molecule has 0 spiro atoms. The molecule has 0 aliphatic heterocycles. The van der Waals surface area contributed by atoms with Gasteiger partial charge >= 0.3 is 0 Å². The number of halogens is 1. The van der Waals surface area contributed by atoms with Crippen LogP contribution in [0.5, 0.6) is 0 Å². The van der Waals surface area contributed by atoms with Gasteiger partial charge in [0.1, 0.15) is 5.82 Å². The van der Waals surface area contributed by atoms with Gasteiger partial charge in [0.15, 0.2) is 0 Å². The van der Waals surface area contributed by atoms with Gasteiger partial charge in [-0.3, -0.25) is 14.4 Å². The highest BCUT2D eigenvalue weighted by Gasteiger charge is 2.09. The summed E-state index contributed by atoms with van der Waals surface area (Å²) in [6, 6.07) is 10.6. The van der Waals surface area contributed by atoms with Crippen molar-refractivity contribution in [3.63, 3.8) is 0 Å². The van der Waals surface area contributed by atoms with Gasteiger partial charge in [0.25, 0.3) is 5.91 Å². The van der Waals surface area contributed by atoms with Gasteiger partial charge in [-0.1, -0.05) is 12.1 Å². The number of nitrogens with one attached hydrogen (secondary N) is 3. The zero-order valence-electron chi connectivity index (χ0n) is 13.9. The smallest absolute Gasteiger partial charge is 0.255 e. The van der Waals surface area contributed by atoms with Gasteiger partial charge in [0.2, 0.25) is 11.8 Å². The zero-order valence-corrected chi connectivity index (χ0v) is 13.9. The Morgan fingerprint density at radius 3 is 2.20 bits per heavy atom. The van der Waals surface area contributed by atoms with Crippen LogP contribution in [-0.2, 0) is 16.1 Å². The molecule has 7 heteroatoms. The first kappa shape index (κ1) is 18.1. The average molecular weight is 343 g/mol. The third-order valence-electron chi connectivity index (χ3n) is 3.29. The standard InChI is InChI=1S/C18H18FN3O3/c1-11(23)20-10-13-3-5-14(6-4-13)18(25)22-15-7-8-16(19)17(9-15)21-12(2)24/h3-9H,10H2,1-2H3,(H,20,23)(H,21,24)(H,22,25). The third-order valence-corrected chi connectivity index (χ3v) is 3.29. The van der Waals surface area contributed by atoms with Crippen LogP contribution in [0.2, 0.25) is 0 Å². The van der Waals surface area contributed by atoms with Gasteiger partial charge < -0.3 is 16.0 Å². The lowest BCUT2D eigenvalue weighted by molar-refractivity contribution is -0.119. The summed E-state index contributed by atoms with van der Waals surface area (Å²) in [5.74, 6) is -1.49. The van der Waals surface area contributed by atoms with Crippen molar-refractivity contribution in [1.82, 2.24) is 5.32 Å². The van der Waals surface area contributed by atoms with Crippen LogP contribution in [0, 0.1) is 5.82 Å². The Kier molecular flexibility index (Phi) is 5.84. The molecule has 0 radical (unpaired) electrons. The van der Waals surface area contributed by atoms with Crippen LogP contribution in [0.15, 0.2) is 42.5 Å². The fraction of sp³-hybridized carbons (Fsp3) is 0.167. The van der Waals surface area contributed by atoms with E-state index >= 15 is 0 Å². The molecule has 0 aliphatic rings. The average Bonchev–Trinajstić information content (AvgIpc) is 2.56. The van der Waals surface area contributed by atoms with Gasteiger partial charge in [-0.15, -0.1) is 0 Å². The molecule has 0 fully saturated rings. The highest BCUT2D eigenvalue weighted by atomic mass is 19.1. The maximum Gasteiger partial charge on any atom is 0.255 e. The SMILES string of the molecule is CC(=O)NCc1ccc(C(=O)Nc2ccc(F)c(NC(C)=O)c2)cc1. The topological polar surface area (TPSA) is 87.3 Å². The molecule has 3 amide bonds. The summed E-state index contributed by atoms with van der Waals surface area (Å²) < 4.78 is 13.6. The molecule has 2 aromatic rings. The van der Waals surface area contributed by atoms with E-state index < -0.39 is 11.7 Å². The number of carbonyl (C=O) groups excluding carboxylic acids is 3. The molecule has 130 valence electrons. The van der Waals surface area contributed by atoms with Crippen LogP contribution >= 0.6 is 0 Å². The first-order chi connectivity index (χ1) is 11.8. The molecule has 6 nitrogen and oxygen atoms in total. The molecule has 0 atom stereocenters. The normalized spacial score (nSPS) is 10.0. The molecule has 0 aromatic heterocycles. The molecule has 2 rings (SSSR count). The maximum atomic E-state index is 13.6. The number of rotatable bonds is 5. The first-order valence-electron chi connectivity index (χ1n) is 7.57. The zero-order chi connectivity index (χ0) is 18.4. The second-order valence-electron chi connectivity index (χ2n) is 5.44. The number of hydrogen-bond donors (Lipinski definition) is 3. The van der Waals surface area contributed by atoms with Gasteiger partial charge in [-0.25, -0.2) is 4.39 Å². The molecule has 0 saturated heterocycles. The number of amides is 3. The lowest BCUT2D eigenvalue weighted by atomic mass is 10.1. The summed E-state index contributed by atoms with van der Waals surface area (Å²) in [6.45, 7) is 3.09. The lowest BCUT2D eigenvalue weighted by Crippen LogP contribution is -2.19. The Labute approximate surface area is 144 Å². The van der Waals surface area contributed by atoms with Gasteiger partial charge in [-0.2, -0.15) is 0 Å². The van der Waals surface area contributed by atoms with E-state index in [0.717, 1.165) is 11.6 Å². The van der Waals surface area contributed by atoms with Crippen LogP contribution in [0.1, 0.15) is 29.8 Å². The van der Waals surface area contributed by atoms with Crippen molar-refractivity contribution < 1.29 is 18.8 Å². The number of hydrogen-bond acceptors (Lipinski definition) is 3. The fourth-order valence-corrected chi connectivity index (χ4v) is 2.09. The second kappa shape index (κ2) is 8.05. The molecule has 25 heavy (non-hydrogen) atoms. The molecule has 2 aromatic carbocycles. The maximum absolute atomic E-state index is 13.6. The summed E-state index contributed by atoms with van der Waals surface area (Å²) in [5.41, 5.74) is 1.63. The van der Waals surface area contributed by atoms with Crippen molar-refractivity contribution >= 4 is 29.1 Å². The molecular formula is C18H18FN3O3. The van der Waals surface area contributed by atoms with Crippen molar-refractivity contribution in [2.24, 2.45) is 0 Å². The lowest BCUT2D eigenvalue weighted by Gasteiger charge is -2.09. The number of anilines is 2. The van der Waals surface area contributed by atoms with Crippen molar-refractivity contribution in [1.29, 1.82) is 0 Å². The predicted octanol–water partition coefficient (Wildman–Crippen LogP) is 2.67. The van der Waals surface area contributed by atoms with E-state index in [9.17, 15) is 18.8 Å². The number of carbonyl (C=O) groups is 3. The van der Waals surface area contributed by atoms with Gasteiger partial charge in [0, 0.05) is 31.6 Å². The Bertz CT molecular complexity index is 804. The molecule has 0 heterocycles. The largest absolute Gasteiger partial charge is 0.352 e. The molecule has 0 saturated carbocycles. The van der Waals surface area contributed by atoms with Crippen LogP contribution in [0.3, 0.4) is 0 Å². The van der Waals surface area contributed by atoms with Crippen LogP contribution in [0.25, 0.3) is 0 Å². The van der Waals surface area contributed by atoms with E-state index in [4.69, 9.17) is 0 Å². The molecule has 3 N–H and O–H groups in total. The predicted molar refractivity (Wildman–Crippen MR) is 92.6 cm³/mol. The quantitative estimate of drug-likeness (QED) is 0.780. The molecule has 0 unspecified atom stereocenters. The fourth-order valence-electron chi connectivity index (χ4n) is 2.09. The van der Waals surface area contributed by atoms with Crippen molar-refractivity contribution in [3.05, 3.63) is 59.4 Å². The van der Waals surface area contributed by atoms with Gasteiger partial charge in [-0.05, 0) is 35.9 Å². The Hall–Kier alpha value is -3.22. The highest BCUT2D eigenvalue weighted by molar-refractivity contribution is 6.04. The number of benzene rings is 2. The molecule has 0 bridgehead atoms. The van der Waals surface area contributed by atoms with E-state index in [-0.39, 0.29) is 17.5 Å². The van der Waals surface area contributed by atoms with Crippen LogP contribution in [-0.4, -0.2) is 17.7 Å². The Morgan fingerprint density at radius 2 is 1.60 bits per heavy atom. The first-order valence-corrected chi connectivity index (χ1v) is 7.57. The summed E-state index contributed by atoms with van der Waals surface area (Å²) in [4.78, 5) is 34.2. The van der Waals surface area contributed by atoms with Crippen molar-refractivity contribution in [3.8, 4) is 0 Å².